The fraction of sp³-hybridized carbons (Fsp3) is 1.00. The van der Waals surface area contributed by atoms with Gasteiger partial charge in [0, 0.05) is 25.1 Å². The molecule has 0 radical (unpaired) electrons. The molecule has 0 heterocycles. The molecule has 0 aromatic carbocycles. The topological polar surface area (TPSA) is 21.3 Å². The summed E-state index contributed by atoms with van der Waals surface area (Å²) >= 11 is 5.81. The highest BCUT2D eigenvalue weighted by molar-refractivity contribution is 6.18. The van der Waals surface area contributed by atoms with Crippen LogP contribution in [0.15, 0.2) is 0 Å². The van der Waals surface area contributed by atoms with Crippen molar-refractivity contribution in [3.63, 3.8) is 0 Å². The first-order valence-corrected chi connectivity index (χ1v) is 5.16. The molecular weight excluding hydrogens is 174 g/mol. The quantitative estimate of drug-likeness (QED) is 0.489. The summed E-state index contributed by atoms with van der Waals surface area (Å²) in [5.41, 5.74) is 0.314. The van der Waals surface area contributed by atoms with Crippen molar-refractivity contribution in [2.75, 3.05) is 26.1 Å². The van der Waals surface area contributed by atoms with Gasteiger partial charge in [-0.2, -0.15) is 0 Å². The third kappa shape index (κ3) is 3.30. The Morgan fingerprint density at radius 2 is 2.17 bits per heavy atom. The normalized spacial score (nSPS) is 19.5. The van der Waals surface area contributed by atoms with Gasteiger partial charge in [-0.15, -0.1) is 11.6 Å². The Bertz CT molecular complexity index is 126. The molecule has 12 heavy (non-hydrogen) atoms. The van der Waals surface area contributed by atoms with Crippen LogP contribution in [0, 0.1) is 0 Å². The zero-order valence-corrected chi connectivity index (χ0v) is 8.49. The highest BCUT2D eigenvalue weighted by Crippen LogP contribution is 2.36. The van der Waals surface area contributed by atoms with E-state index in [2.05, 4.69) is 5.32 Å². The highest BCUT2D eigenvalue weighted by Gasteiger charge is 2.40. The maximum absolute atomic E-state index is 5.81. The first-order chi connectivity index (χ1) is 5.83. The minimum atomic E-state index is 0.314. The SMILES string of the molecule is COCCCCNC1(CCl)CC1. The van der Waals surface area contributed by atoms with E-state index in [9.17, 15) is 0 Å². The summed E-state index contributed by atoms with van der Waals surface area (Å²) < 4.78 is 4.96. The first-order valence-electron chi connectivity index (χ1n) is 4.63. The van der Waals surface area contributed by atoms with Gasteiger partial charge < -0.3 is 10.1 Å². The molecule has 1 fully saturated rings. The Morgan fingerprint density at radius 3 is 2.67 bits per heavy atom. The Labute approximate surface area is 79.6 Å². The summed E-state index contributed by atoms with van der Waals surface area (Å²) in [4.78, 5) is 0. The second-order valence-corrected chi connectivity index (χ2v) is 3.81. The minimum Gasteiger partial charge on any atom is -0.385 e. The van der Waals surface area contributed by atoms with Gasteiger partial charge >= 0.3 is 0 Å². The van der Waals surface area contributed by atoms with Gasteiger partial charge in [-0.3, -0.25) is 0 Å². The highest BCUT2D eigenvalue weighted by atomic mass is 35.5. The van der Waals surface area contributed by atoms with Crippen LogP contribution in [0.4, 0.5) is 0 Å². The number of nitrogens with one attached hydrogen (secondary N) is 1. The summed E-state index contributed by atoms with van der Waals surface area (Å²) in [7, 11) is 1.74. The lowest BCUT2D eigenvalue weighted by molar-refractivity contribution is 0.192. The fourth-order valence-electron chi connectivity index (χ4n) is 1.23. The molecule has 0 atom stereocenters. The van der Waals surface area contributed by atoms with Gasteiger partial charge in [-0.1, -0.05) is 0 Å². The molecule has 2 nitrogen and oxygen atoms in total. The van der Waals surface area contributed by atoms with Crippen LogP contribution in [0.25, 0.3) is 0 Å². The van der Waals surface area contributed by atoms with Crippen LogP contribution < -0.4 is 5.32 Å². The van der Waals surface area contributed by atoms with Gasteiger partial charge in [0.1, 0.15) is 0 Å². The van der Waals surface area contributed by atoms with Gasteiger partial charge in [0.05, 0.1) is 0 Å². The molecule has 0 bridgehead atoms. The average Bonchev–Trinajstić information content (AvgIpc) is 2.85. The summed E-state index contributed by atoms with van der Waals surface area (Å²) in [6.45, 7) is 1.95. The number of unbranched alkanes of at least 4 members (excludes halogenated alkanes) is 1. The number of methoxy groups -OCH3 is 1. The van der Waals surface area contributed by atoms with Gasteiger partial charge in [0.2, 0.25) is 0 Å². The lowest BCUT2D eigenvalue weighted by atomic mass is 10.2. The molecule has 3 heteroatoms. The molecule has 0 amide bonds. The number of ether oxygens (including phenoxy) is 1. The third-order valence-corrected chi connectivity index (χ3v) is 2.90. The maximum atomic E-state index is 5.81. The van der Waals surface area contributed by atoms with Crippen LogP contribution in [-0.4, -0.2) is 31.7 Å². The van der Waals surface area contributed by atoms with Crippen LogP contribution in [0.1, 0.15) is 25.7 Å². The Kier molecular flexibility index (Phi) is 4.33. The number of rotatable bonds is 7. The Morgan fingerprint density at radius 1 is 1.42 bits per heavy atom. The second kappa shape index (κ2) is 5.05. The number of halogens is 1. The molecule has 0 saturated heterocycles. The second-order valence-electron chi connectivity index (χ2n) is 3.54. The first kappa shape index (κ1) is 10.3. The third-order valence-electron chi connectivity index (χ3n) is 2.38. The van der Waals surface area contributed by atoms with E-state index in [0.29, 0.717) is 5.54 Å². The summed E-state index contributed by atoms with van der Waals surface area (Å²) in [5.74, 6) is 0.761. The van der Waals surface area contributed by atoms with Gasteiger partial charge in [0.15, 0.2) is 0 Å². The monoisotopic (exact) mass is 191 g/mol. The zero-order chi connectivity index (χ0) is 8.86. The van der Waals surface area contributed by atoms with Gasteiger partial charge in [0.25, 0.3) is 0 Å². The summed E-state index contributed by atoms with van der Waals surface area (Å²) in [6, 6.07) is 0. The molecule has 1 rings (SSSR count). The standard InChI is InChI=1S/C9H18ClNO/c1-12-7-3-2-6-11-9(8-10)4-5-9/h11H,2-8H2,1H3. The van der Waals surface area contributed by atoms with Crippen molar-refractivity contribution in [1.82, 2.24) is 5.32 Å². The van der Waals surface area contributed by atoms with Crippen molar-refractivity contribution >= 4 is 11.6 Å². The predicted octanol–water partition coefficient (Wildman–Crippen LogP) is 1.77. The molecule has 0 unspecified atom stereocenters. The van der Waals surface area contributed by atoms with E-state index in [1.165, 1.54) is 19.3 Å². The molecule has 0 aromatic rings. The van der Waals surface area contributed by atoms with Gasteiger partial charge in [-0.25, -0.2) is 0 Å². The van der Waals surface area contributed by atoms with E-state index in [1.807, 2.05) is 0 Å². The molecule has 72 valence electrons. The van der Waals surface area contributed by atoms with Crippen LogP contribution in [0.5, 0.6) is 0 Å². The summed E-state index contributed by atoms with van der Waals surface area (Å²) in [6.07, 6.45) is 4.83. The molecule has 0 aromatic heterocycles. The lowest BCUT2D eigenvalue weighted by Crippen LogP contribution is -2.33. The van der Waals surface area contributed by atoms with E-state index in [4.69, 9.17) is 16.3 Å². The smallest absolute Gasteiger partial charge is 0.0462 e. The van der Waals surface area contributed by atoms with E-state index < -0.39 is 0 Å². The van der Waals surface area contributed by atoms with E-state index in [-0.39, 0.29) is 0 Å². The van der Waals surface area contributed by atoms with Crippen molar-refractivity contribution in [2.24, 2.45) is 0 Å². The number of hydrogen-bond acceptors (Lipinski definition) is 2. The zero-order valence-electron chi connectivity index (χ0n) is 7.74. The van der Waals surface area contributed by atoms with Crippen molar-refractivity contribution in [3.8, 4) is 0 Å². The maximum Gasteiger partial charge on any atom is 0.0462 e. The molecule has 1 N–H and O–H groups in total. The van der Waals surface area contributed by atoms with Crippen LogP contribution >= 0.6 is 11.6 Å². The molecule has 1 aliphatic rings. The average molecular weight is 192 g/mol. The lowest BCUT2D eigenvalue weighted by Gasteiger charge is -2.13. The van der Waals surface area contributed by atoms with Crippen molar-refractivity contribution < 1.29 is 4.74 Å². The largest absolute Gasteiger partial charge is 0.385 e. The van der Waals surface area contributed by atoms with E-state index >= 15 is 0 Å². The van der Waals surface area contributed by atoms with Crippen molar-refractivity contribution in [2.45, 2.75) is 31.2 Å². The fourth-order valence-corrected chi connectivity index (χ4v) is 1.60. The number of hydrogen-bond donors (Lipinski definition) is 1. The Hall–Kier alpha value is 0.210. The van der Waals surface area contributed by atoms with E-state index in [0.717, 1.165) is 25.5 Å². The van der Waals surface area contributed by atoms with E-state index in [1.54, 1.807) is 7.11 Å². The molecule has 1 saturated carbocycles. The molecule has 0 spiro atoms. The summed E-state index contributed by atoms with van der Waals surface area (Å²) in [5, 5.41) is 3.49. The van der Waals surface area contributed by atoms with Crippen LogP contribution in [0.3, 0.4) is 0 Å². The van der Waals surface area contributed by atoms with Crippen molar-refractivity contribution in [3.05, 3.63) is 0 Å². The van der Waals surface area contributed by atoms with Crippen LogP contribution in [-0.2, 0) is 4.74 Å². The molecular formula is C9H18ClNO. The van der Waals surface area contributed by atoms with Crippen molar-refractivity contribution in [1.29, 1.82) is 0 Å². The Balaban J connectivity index is 1.89. The number of alkyl halides is 1. The minimum absolute atomic E-state index is 0.314. The van der Waals surface area contributed by atoms with Gasteiger partial charge in [-0.05, 0) is 32.2 Å². The predicted molar refractivity (Wildman–Crippen MR) is 51.8 cm³/mol. The molecule has 0 aliphatic heterocycles. The van der Waals surface area contributed by atoms with Crippen LogP contribution in [0.2, 0.25) is 0 Å². The molecule has 1 aliphatic carbocycles.